The molecule has 7 heteroatoms. The number of carbonyl (C=O) groups excluding carboxylic acids is 1. The second-order valence-electron chi connectivity index (χ2n) is 7.81. The normalized spacial score (nSPS) is 12.8. The van der Waals surface area contributed by atoms with Crippen LogP contribution >= 0.6 is 0 Å². The van der Waals surface area contributed by atoms with Crippen LogP contribution in [0, 0.1) is 5.92 Å². The van der Waals surface area contributed by atoms with Crippen LogP contribution in [-0.2, 0) is 0 Å². The zero-order chi connectivity index (χ0) is 21.9. The van der Waals surface area contributed by atoms with Crippen molar-refractivity contribution < 1.29 is 18.7 Å². The molecule has 0 aliphatic heterocycles. The van der Waals surface area contributed by atoms with E-state index in [1.54, 1.807) is 63.5 Å². The molecule has 0 unspecified atom stereocenters. The van der Waals surface area contributed by atoms with Gasteiger partial charge in [-0.3, -0.25) is 9.78 Å². The monoisotopic (exact) mass is 411 g/mol. The Morgan fingerprint density at radius 2 is 1.80 bits per heavy atom. The molecule has 0 spiro atoms. The molecule has 0 aliphatic rings. The molecule has 0 bridgehead atoms. The summed E-state index contributed by atoms with van der Waals surface area (Å²) in [5.41, 5.74) is 0.778. The van der Waals surface area contributed by atoms with Crippen molar-refractivity contribution in [1.82, 2.24) is 15.0 Å². The van der Waals surface area contributed by atoms with Gasteiger partial charge in [-0.15, -0.1) is 0 Å². The molecular weight excluding hydrogens is 388 g/mol. The number of hydrogen-bond acceptors (Lipinski definition) is 5. The molecule has 1 atom stereocenters. The third-order valence-corrected chi connectivity index (χ3v) is 5.09. The highest BCUT2D eigenvalue weighted by Gasteiger charge is 2.26. The molecule has 2 aromatic heterocycles. The van der Waals surface area contributed by atoms with Crippen molar-refractivity contribution in [3.63, 3.8) is 0 Å². The van der Waals surface area contributed by atoms with E-state index in [-0.39, 0.29) is 29.4 Å². The van der Waals surface area contributed by atoms with Crippen LogP contribution in [-0.4, -0.2) is 31.4 Å². The average molecular weight is 411 g/mol. The quantitative estimate of drug-likeness (QED) is 0.546. The van der Waals surface area contributed by atoms with Crippen LogP contribution in [0.2, 0.25) is 0 Å². The SMILES string of the molecule is C[C@H](CC(=O)c1cc(-c2ccc(C(F)F)cc2)nc(-c2cccnc2)n1)C(C)(C)O. The maximum absolute atomic E-state index is 12.9. The van der Waals surface area contributed by atoms with E-state index in [1.807, 2.05) is 0 Å². The highest BCUT2D eigenvalue weighted by atomic mass is 19.3. The largest absolute Gasteiger partial charge is 0.390 e. The van der Waals surface area contributed by atoms with Gasteiger partial charge in [-0.05, 0) is 38.0 Å². The van der Waals surface area contributed by atoms with Crippen LogP contribution < -0.4 is 0 Å². The van der Waals surface area contributed by atoms with Crippen LogP contribution in [0.25, 0.3) is 22.6 Å². The second-order valence-corrected chi connectivity index (χ2v) is 7.81. The Morgan fingerprint density at radius 1 is 1.10 bits per heavy atom. The van der Waals surface area contributed by atoms with Crippen LogP contribution in [0.3, 0.4) is 0 Å². The van der Waals surface area contributed by atoms with E-state index in [0.717, 1.165) is 0 Å². The predicted molar refractivity (Wildman–Crippen MR) is 110 cm³/mol. The Kier molecular flexibility index (Phi) is 6.31. The van der Waals surface area contributed by atoms with Gasteiger partial charge in [0, 0.05) is 35.5 Å². The number of pyridine rings is 1. The van der Waals surface area contributed by atoms with E-state index in [9.17, 15) is 18.7 Å². The molecular formula is C23H23F2N3O2. The molecule has 0 fully saturated rings. The van der Waals surface area contributed by atoms with Crippen molar-refractivity contribution in [3.05, 3.63) is 66.1 Å². The van der Waals surface area contributed by atoms with Crippen LogP contribution in [0.5, 0.6) is 0 Å². The number of ketones is 1. The fourth-order valence-corrected chi connectivity index (χ4v) is 2.79. The summed E-state index contributed by atoms with van der Waals surface area (Å²) in [5.74, 6) is -0.198. The van der Waals surface area contributed by atoms with Crippen molar-refractivity contribution in [3.8, 4) is 22.6 Å². The minimum atomic E-state index is -2.56. The van der Waals surface area contributed by atoms with Gasteiger partial charge in [0.25, 0.3) is 6.43 Å². The zero-order valence-corrected chi connectivity index (χ0v) is 17.0. The number of rotatable bonds is 7. The minimum absolute atomic E-state index is 0.0874. The maximum Gasteiger partial charge on any atom is 0.263 e. The van der Waals surface area contributed by atoms with Crippen LogP contribution in [0.4, 0.5) is 8.78 Å². The molecule has 5 nitrogen and oxygen atoms in total. The summed E-state index contributed by atoms with van der Waals surface area (Å²) in [4.78, 5) is 25.9. The number of aliphatic hydroxyl groups is 1. The first kappa shape index (κ1) is 21.6. The first-order valence-electron chi connectivity index (χ1n) is 9.58. The molecule has 0 radical (unpaired) electrons. The van der Waals surface area contributed by atoms with Crippen molar-refractivity contribution >= 4 is 5.78 Å². The number of hydrogen-bond donors (Lipinski definition) is 1. The molecule has 2 heterocycles. The Hall–Kier alpha value is -3.06. The summed E-state index contributed by atoms with van der Waals surface area (Å²) in [7, 11) is 0. The van der Waals surface area contributed by atoms with Gasteiger partial charge in [-0.25, -0.2) is 18.7 Å². The Morgan fingerprint density at radius 3 is 2.37 bits per heavy atom. The van der Waals surface area contributed by atoms with Gasteiger partial charge in [-0.2, -0.15) is 0 Å². The molecule has 30 heavy (non-hydrogen) atoms. The summed E-state index contributed by atoms with van der Waals surface area (Å²) in [5, 5.41) is 10.2. The van der Waals surface area contributed by atoms with Gasteiger partial charge in [0.15, 0.2) is 11.6 Å². The summed E-state index contributed by atoms with van der Waals surface area (Å²) in [6, 6.07) is 10.8. The Balaban J connectivity index is 2.04. The average Bonchev–Trinajstić information content (AvgIpc) is 2.73. The number of Topliss-reactive ketones (excluding diaryl/α,β-unsaturated/α-hetero) is 1. The summed E-state index contributed by atoms with van der Waals surface area (Å²) >= 11 is 0. The van der Waals surface area contributed by atoms with Crippen molar-refractivity contribution in [2.75, 3.05) is 0 Å². The smallest absolute Gasteiger partial charge is 0.263 e. The Labute approximate surface area is 173 Å². The number of halogens is 2. The fraction of sp³-hybridized carbons (Fsp3) is 0.304. The van der Waals surface area contributed by atoms with E-state index in [2.05, 4.69) is 15.0 Å². The zero-order valence-electron chi connectivity index (χ0n) is 17.0. The molecule has 1 N–H and O–H groups in total. The van der Waals surface area contributed by atoms with Gasteiger partial charge in [0.05, 0.1) is 11.3 Å². The number of nitrogens with zero attached hydrogens (tertiary/aromatic N) is 3. The van der Waals surface area contributed by atoms with Crippen LogP contribution in [0.15, 0.2) is 54.9 Å². The molecule has 1 aromatic carbocycles. The number of carbonyl (C=O) groups is 1. The van der Waals surface area contributed by atoms with E-state index >= 15 is 0 Å². The summed E-state index contributed by atoms with van der Waals surface area (Å²) in [6.07, 6.45) is 0.757. The van der Waals surface area contributed by atoms with Gasteiger partial charge < -0.3 is 5.11 Å². The Bertz CT molecular complexity index is 1020. The van der Waals surface area contributed by atoms with Gasteiger partial charge in [0.1, 0.15) is 5.69 Å². The standard InChI is InChI=1S/C23H23F2N3O2/c1-14(23(2,3)30)11-20(29)19-12-18(15-6-8-16(9-7-15)21(24)25)27-22(28-19)17-5-4-10-26-13-17/h4-10,12-14,21,30H,11H2,1-3H3/t14-/m1/s1. The molecule has 0 aliphatic carbocycles. The molecule has 0 saturated carbocycles. The van der Waals surface area contributed by atoms with E-state index < -0.39 is 12.0 Å². The molecule has 0 saturated heterocycles. The minimum Gasteiger partial charge on any atom is -0.390 e. The lowest BCUT2D eigenvalue weighted by Crippen LogP contribution is -2.30. The third-order valence-electron chi connectivity index (χ3n) is 5.09. The maximum atomic E-state index is 12.9. The van der Waals surface area contributed by atoms with E-state index in [0.29, 0.717) is 22.6 Å². The molecule has 3 aromatic rings. The summed E-state index contributed by atoms with van der Waals surface area (Å²) < 4.78 is 25.8. The van der Waals surface area contributed by atoms with Gasteiger partial charge >= 0.3 is 0 Å². The topological polar surface area (TPSA) is 76.0 Å². The lowest BCUT2D eigenvalue weighted by atomic mass is 9.88. The number of benzene rings is 1. The molecule has 156 valence electrons. The van der Waals surface area contributed by atoms with Crippen molar-refractivity contribution in [2.45, 2.75) is 39.2 Å². The first-order chi connectivity index (χ1) is 14.1. The molecule has 0 amide bonds. The van der Waals surface area contributed by atoms with Gasteiger partial charge in [-0.1, -0.05) is 31.2 Å². The number of aromatic nitrogens is 3. The number of alkyl halides is 2. The fourth-order valence-electron chi connectivity index (χ4n) is 2.79. The van der Waals surface area contributed by atoms with Crippen molar-refractivity contribution in [2.24, 2.45) is 5.92 Å². The second kappa shape index (κ2) is 8.75. The van der Waals surface area contributed by atoms with Crippen molar-refractivity contribution in [1.29, 1.82) is 0 Å². The predicted octanol–water partition coefficient (Wildman–Crippen LogP) is 5.12. The lowest BCUT2D eigenvalue weighted by molar-refractivity contribution is 0.0212. The van der Waals surface area contributed by atoms with Gasteiger partial charge in [0.2, 0.25) is 0 Å². The third kappa shape index (κ3) is 5.10. The van der Waals surface area contributed by atoms with E-state index in [1.165, 1.54) is 12.1 Å². The summed E-state index contributed by atoms with van der Waals surface area (Å²) in [6.45, 7) is 5.11. The molecule has 3 rings (SSSR count). The van der Waals surface area contributed by atoms with E-state index in [4.69, 9.17) is 0 Å². The van der Waals surface area contributed by atoms with Crippen LogP contribution in [0.1, 0.15) is 49.7 Å². The highest BCUT2D eigenvalue weighted by molar-refractivity contribution is 5.95. The highest BCUT2D eigenvalue weighted by Crippen LogP contribution is 2.27. The first-order valence-corrected chi connectivity index (χ1v) is 9.58. The lowest BCUT2D eigenvalue weighted by Gasteiger charge is -2.25.